The molecule has 0 radical (unpaired) electrons. The van der Waals surface area contributed by atoms with E-state index in [1.807, 2.05) is 0 Å². The highest BCUT2D eigenvalue weighted by Gasteiger charge is 2.07. The van der Waals surface area contributed by atoms with Crippen LogP contribution >= 0.6 is 0 Å². The number of carbonyl (C=O) groups is 2. The van der Waals surface area contributed by atoms with Gasteiger partial charge in [0, 0.05) is 24.4 Å². The minimum Gasteiger partial charge on any atom is -0.481 e. The first-order valence-corrected chi connectivity index (χ1v) is 3.85. The van der Waals surface area contributed by atoms with Gasteiger partial charge in [-0.1, -0.05) is 0 Å². The lowest BCUT2D eigenvalue weighted by Crippen LogP contribution is -2.03. The largest absolute Gasteiger partial charge is 0.481 e. The summed E-state index contributed by atoms with van der Waals surface area (Å²) in [6.07, 6.45) is 2.93. The van der Waals surface area contributed by atoms with Crippen molar-refractivity contribution < 1.29 is 14.7 Å². The second kappa shape index (κ2) is 4.35. The first-order chi connectivity index (χ1) is 6.20. The van der Waals surface area contributed by atoms with Crippen LogP contribution < -0.4 is 0 Å². The van der Waals surface area contributed by atoms with E-state index in [1.165, 1.54) is 12.4 Å². The minimum absolute atomic E-state index is 0.0410. The van der Waals surface area contributed by atoms with Gasteiger partial charge in [0.2, 0.25) is 0 Å². The molecular formula is C9H9NO3. The third-order valence-electron chi connectivity index (χ3n) is 1.57. The summed E-state index contributed by atoms with van der Waals surface area (Å²) in [6, 6.07) is 3.15. The molecule has 0 fully saturated rings. The maximum atomic E-state index is 11.3. The maximum absolute atomic E-state index is 11.3. The third-order valence-corrected chi connectivity index (χ3v) is 1.57. The van der Waals surface area contributed by atoms with Crippen LogP contribution in [0.2, 0.25) is 0 Å². The summed E-state index contributed by atoms with van der Waals surface area (Å²) in [4.78, 5) is 25.2. The van der Waals surface area contributed by atoms with Crippen molar-refractivity contribution in [2.45, 2.75) is 12.8 Å². The predicted octanol–water partition coefficient (Wildman–Crippen LogP) is 1.13. The van der Waals surface area contributed by atoms with Crippen LogP contribution in [0.25, 0.3) is 0 Å². The fourth-order valence-electron chi connectivity index (χ4n) is 0.903. The number of carboxylic acids is 1. The average Bonchev–Trinajstić information content (AvgIpc) is 2.15. The van der Waals surface area contributed by atoms with Gasteiger partial charge in [-0.3, -0.25) is 14.6 Å². The van der Waals surface area contributed by atoms with Gasteiger partial charge < -0.3 is 5.11 Å². The van der Waals surface area contributed by atoms with E-state index >= 15 is 0 Å². The summed E-state index contributed by atoms with van der Waals surface area (Å²) in [5, 5.41) is 8.34. The fraction of sp³-hybridized carbons (Fsp3) is 0.222. The molecular weight excluding hydrogens is 170 g/mol. The summed E-state index contributed by atoms with van der Waals surface area (Å²) in [7, 11) is 0. The van der Waals surface area contributed by atoms with Crippen molar-refractivity contribution in [2.24, 2.45) is 0 Å². The SMILES string of the molecule is O=C(O)CCC(=O)c1ccncc1. The standard InChI is InChI=1S/C9H9NO3/c11-8(1-2-9(12)13)7-3-5-10-6-4-7/h3-6H,1-2H2,(H,12,13). The molecule has 4 heteroatoms. The van der Waals surface area contributed by atoms with E-state index in [2.05, 4.69) is 4.98 Å². The topological polar surface area (TPSA) is 67.3 Å². The molecule has 1 rings (SSSR count). The number of pyridine rings is 1. The quantitative estimate of drug-likeness (QED) is 0.703. The third kappa shape index (κ3) is 3.02. The van der Waals surface area contributed by atoms with Crippen molar-refractivity contribution in [2.75, 3.05) is 0 Å². The van der Waals surface area contributed by atoms with Crippen LogP contribution in [0.3, 0.4) is 0 Å². The number of aliphatic carboxylic acids is 1. The molecule has 13 heavy (non-hydrogen) atoms. The number of hydrogen-bond donors (Lipinski definition) is 1. The maximum Gasteiger partial charge on any atom is 0.303 e. The van der Waals surface area contributed by atoms with Crippen molar-refractivity contribution in [3.8, 4) is 0 Å². The molecule has 1 aromatic heterocycles. The van der Waals surface area contributed by atoms with Gasteiger partial charge in [-0.2, -0.15) is 0 Å². The van der Waals surface area contributed by atoms with E-state index in [9.17, 15) is 9.59 Å². The Labute approximate surface area is 75.2 Å². The van der Waals surface area contributed by atoms with Crippen molar-refractivity contribution in [1.29, 1.82) is 0 Å². The van der Waals surface area contributed by atoms with Gasteiger partial charge in [-0.05, 0) is 12.1 Å². The Hall–Kier alpha value is -1.71. The molecule has 0 saturated carbocycles. The summed E-state index contributed by atoms with van der Waals surface area (Å²) >= 11 is 0. The summed E-state index contributed by atoms with van der Waals surface area (Å²) in [6.45, 7) is 0. The molecule has 0 amide bonds. The zero-order valence-electron chi connectivity index (χ0n) is 6.93. The number of hydrogen-bond acceptors (Lipinski definition) is 3. The molecule has 0 atom stereocenters. The number of ketones is 1. The van der Waals surface area contributed by atoms with Gasteiger partial charge in [0.1, 0.15) is 0 Å². The second-order valence-corrected chi connectivity index (χ2v) is 2.55. The van der Waals surface area contributed by atoms with E-state index in [4.69, 9.17) is 5.11 Å². The van der Waals surface area contributed by atoms with Crippen LogP contribution in [0.4, 0.5) is 0 Å². The molecule has 1 N–H and O–H groups in total. The molecule has 0 unspecified atom stereocenters. The highest BCUT2D eigenvalue weighted by molar-refractivity contribution is 5.97. The number of Topliss-reactive ketones (excluding diaryl/α,β-unsaturated/α-hetero) is 1. The Balaban J connectivity index is 2.54. The van der Waals surface area contributed by atoms with Crippen molar-refractivity contribution in [3.63, 3.8) is 0 Å². The minimum atomic E-state index is -0.956. The average molecular weight is 179 g/mol. The number of carboxylic acid groups (broad SMARTS) is 1. The molecule has 1 aromatic rings. The fourth-order valence-corrected chi connectivity index (χ4v) is 0.903. The van der Waals surface area contributed by atoms with E-state index in [0.29, 0.717) is 5.56 Å². The number of aromatic nitrogens is 1. The van der Waals surface area contributed by atoms with Gasteiger partial charge in [-0.15, -0.1) is 0 Å². The lowest BCUT2D eigenvalue weighted by atomic mass is 10.1. The lowest BCUT2D eigenvalue weighted by Gasteiger charge is -1.96. The Morgan fingerprint density at radius 1 is 1.23 bits per heavy atom. The number of carbonyl (C=O) groups excluding carboxylic acids is 1. The Morgan fingerprint density at radius 2 is 1.85 bits per heavy atom. The van der Waals surface area contributed by atoms with Crippen molar-refractivity contribution in [3.05, 3.63) is 30.1 Å². The second-order valence-electron chi connectivity index (χ2n) is 2.55. The van der Waals surface area contributed by atoms with Crippen molar-refractivity contribution >= 4 is 11.8 Å². The first-order valence-electron chi connectivity index (χ1n) is 3.85. The van der Waals surface area contributed by atoms with Crippen LogP contribution in [-0.2, 0) is 4.79 Å². The lowest BCUT2D eigenvalue weighted by molar-refractivity contribution is -0.136. The summed E-state index contributed by atoms with van der Waals surface area (Å²) in [5.41, 5.74) is 0.510. The molecule has 0 saturated heterocycles. The van der Waals surface area contributed by atoms with E-state index in [-0.39, 0.29) is 18.6 Å². The van der Waals surface area contributed by atoms with E-state index in [1.54, 1.807) is 12.1 Å². The highest BCUT2D eigenvalue weighted by Crippen LogP contribution is 2.03. The molecule has 0 spiro atoms. The molecule has 68 valence electrons. The van der Waals surface area contributed by atoms with Crippen LogP contribution in [0.1, 0.15) is 23.2 Å². The van der Waals surface area contributed by atoms with Crippen molar-refractivity contribution in [1.82, 2.24) is 4.98 Å². The molecule has 1 heterocycles. The number of nitrogens with zero attached hydrogens (tertiary/aromatic N) is 1. The van der Waals surface area contributed by atoms with E-state index in [0.717, 1.165) is 0 Å². The monoisotopic (exact) mass is 179 g/mol. The van der Waals surface area contributed by atoms with Gasteiger partial charge in [0.15, 0.2) is 5.78 Å². The first kappa shape index (κ1) is 9.38. The van der Waals surface area contributed by atoms with Gasteiger partial charge >= 0.3 is 5.97 Å². The zero-order chi connectivity index (χ0) is 9.68. The predicted molar refractivity (Wildman–Crippen MR) is 45.4 cm³/mol. The summed E-state index contributed by atoms with van der Waals surface area (Å²) < 4.78 is 0. The number of rotatable bonds is 4. The Morgan fingerprint density at radius 3 is 2.38 bits per heavy atom. The van der Waals surface area contributed by atoms with Crippen LogP contribution in [0.5, 0.6) is 0 Å². The molecule has 4 nitrogen and oxygen atoms in total. The van der Waals surface area contributed by atoms with Crippen LogP contribution in [0, 0.1) is 0 Å². The van der Waals surface area contributed by atoms with Gasteiger partial charge in [0.25, 0.3) is 0 Å². The van der Waals surface area contributed by atoms with E-state index < -0.39 is 5.97 Å². The normalized spacial score (nSPS) is 9.54. The van der Waals surface area contributed by atoms with Gasteiger partial charge in [-0.25, -0.2) is 0 Å². The molecule has 0 aliphatic carbocycles. The Bertz CT molecular complexity index is 308. The molecule has 0 aromatic carbocycles. The molecule has 0 bridgehead atoms. The molecule has 0 aliphatic rings. The highest BCUT2D eigenvalue weighted by atomic mass is 16.4. The van der Waals surface area contributed by atoms with Gasteiger partial charge in [0.05, 0.1) is 6.42 Å². The smallest absolute Gasteiger partial charge is 0.303 e. The summed E-state index contributed by atoms with van der Waals surface area (Å²) in [5.74, 6) is -1.12. The molecule has 0 aliphatic heterocycles. The van der Waals surface area contributed by atoms with Crippen LogP contribution in [0.15, 0.2) is 24.5 Å². The van der Waals surface area contributed by atoms with Crippen LogP contribution in [-0.4, -0.2) is 21.8 Å². The Kier molecular flexibility index (Phi) is 3.14. The zero-order valence-corrected chi connectivity index (χ0v) is 6.93.